The van der Waals surface area contributed by atoms with E-state index in [4.69, 9.17) is 14.0 Å². The zero-order valence-electron chi connectivity index (χ0n) is 17.1. The molecule has 2 heterocycles. The summed E-state index contributed by atoms with van der Waals surface area (Å²) in [6.07, 6.45) is 1.58. The predicted octanol–water partition coefficient (Wildman–Crippen LogP) is 4.50. The average molecular weight is 432 g/mol. The first-order chi connectivity index (χ1) is 14.5. The number of halogens is 1. The van der Waals surface area contributed by atoms with Crippen molar-refractivity contribution < 1.29 is 18.0 Å². The maximum Gasteiger partial charge on any atom is 0.407 e. The van der Waals surface area contributed by atoms with Gasteiger partial charge in [0.2, 0.25) is 5.95 Å². The number of fused-ring (bicyclic) bond motifs is 1. The summed E-state index contributed by atoms with van der Waals surface area (Å²) in [4.78, 5) is 4.78. The van der Waals surface area contributed by atoms with E-state index in [-0.39, 0.29) is 11.9 Å². The quantitative estimate of drug-likeness (QED) is 0.555. The monoisotopic (exact) mass is 432 g/mol. The molecule has 30 heavy (non-hydrogen) atoms. The minimum atomic E-state index is -3.19. The van der Waals surface area contributed by atoms with Crippen molar-refractivity contribution in [2.45, 2.75) is 25.4 Å². The fourth-order valence-corrected chi connectivity index (χ4v) is 5.19. The molecule has 3 aromatic rings. The number of anilines is 1. The Kier molecular flexibility index (Phi) is 6.20. The Morgan fingerprint density at radius 1 is 1.10 bits per heavy atom. The third-order valence-corrected chi connectivity index (χ3v) is 7.54. The van der Waals surface area contributed by atoms with Crippen LogP contribution < -0.4 is 5.32 Å². The summed E-state index contributed by atoms with van der Waals surface area (Å²) in [5.74, 6) is 0.532. The van der Waals surface area contributed by atoms with Crippen molar-refractivity contribution in [2.24, 2.45) is 0 Å². The first kappa shape index (κ1) is 21.0. The van der Waals surface area contributed by atoms with Gasteiger partial charge in [-0.15, -0.1) is 0 Å². The molecule has 160 valence electrons. The molecule has 7 nitrogen and oxygen atoms in total. The SMILES string of the molecule is COP(=O)(OC)N1CCC(Nc2nc3ccccc3n2Cc2ccc(F)cc2)CC1. The number of nitrogens with zero attached hydrogens (tertiary/aromatic N) is 3. The lowest BCUT2D eigenvalue weighted by Crippen LogP contribution is -2.38. The maximum absolute atomic E-state index is 13.3. The van der Waals surface area contributed by atoms with E-state index in [9.17, 15) is 8.96 Å². The molecule has 0 atom stereocenters. The van der Waals surface area contributed by atoms with Gasteiger partial charge in [0.15, 0.2) is 0 Å². The van der Waals surface area contributed by atoms with Crippen LogP contribution in [0.25, 0.3) is 11.0 Å². The molecule has 1 aliphatic heterocycles. The van der Waals surface area contributed by atoms with Crippen LogP contribution in [0.1, 0.15) is 18.4 Å². The van der Waals surface area contributed by atoms with Crippen LogP contribution in [-0.2, 0) is 20.2 Å². The number of hydrogen-bond donors (Lipinski definition) is 1. The third-order valence-electron chi connectivity index (χ3n) is 5.52. The fraction of sp³-hybridized carbons (Fsp3) is 0.381. The minimum Gasteiger partial charge on any atom is -0.353 e. The second-order valence-corrected chi connectivity index (χ2v) is 9.58. The smallest absolute Gasteiger partial charge is 0.353 e. The van der Waals surface area contributed by atoms with E-state index < -0.39 is 7.75 Å². The molecule has 9 heteroatoms. The van der Waals surface area contributed by atoms with E-state index in [0.717, 1.165) is 35.4 Å². The lowest BCUT2D eigenvalue weighted by molar-refractivity contribution is 0.190. The van der Waals surface area contributed by atoms with Crippen molar-refractivity contribution in [3.05, 3.63) is 59.9 Å². The van der Waals surface area contributed by atoms with Gasteiger partial charge in [0.25, 0.3) is 0 Å². The molecule has 4 rings (SSSR count). The van der Waals surface area contributed by atoms with Crippen molar-refractivity contribution in [1.29, 1.82) is 0 Å². The van der Waals surface area contributed by atoms with E-state index in [1.807, 2.05) is 24.3 Å². The first-order valence-electron chi connectivity index (χ1n) is 9.95. The molecule has 1 fully saturated rings. The predicted molar refractivity (Wildman–Crippen MR) is 115 cm³/mol. The highest BCUT2D eigenvalue weighted by Crippen LogP contribution is 2.51. The summed E-state index contributed by atoms with van der Waals surface area (Å²) in [6.45, 7) is 1.80. The number of hydrogen-bond acceptors (Lipinski definition) is 5. The molecule has 0 amide bonds. The van der Waals surface area contributed by atoms with Crippen LogP contribution in [0, 0.1) is 5.82 Å². The molecule has 0 bridgehead atoms. The molecular weight excluding hydrogens is 406 g/mol. The minimum absolute atomic E-state index is 0.187. The normalized spacial score (nSPS) is 16.2. The van der Waals surface area contributed by atoms with Crippen molar-refractivity contribution in [1.82, 2.24) is 14.2 Å². The Labute approximate surface area is 175 Å². The average Bonchev–Trinajstić information content (AvgIpc) is 3.12. The lowest BCUT2D eigenvalue weighted by Gasteiger charge is -2.35. The van der Waals surface area contributed by atoms with Crippen LogP contribution in [0.5, 0.6) is 0 Å². The summed E-state index contributed by atoms with van der Waals surface area (Å²) in [5.41, 5.74) is 2.92. The Hall–Kier alpha value is -2.25. The third kappa shape index (κ3) is 4.27. The molecule has 1 aromatic heterocycles. The summed E-state index contributed by atoms with van der Waals surface area (Å²) in [5, 5.41) is 3.56. The molecule has 0 saturated carbocycles. The van der Waals surface area contributed by atoms with Crippen molar-refractivity contribution in [3.8, 4) is 0 Å². The molecule has 1 aliphatic rings. The van der Waals surface area contributed by atoms with Crippen molar-refractivity contribution in [3.63, 3.8) is 0 Å². The van der Waals surface area contributed by atoms with Crippen molar-refractivity contribution in [2.75, 3.05) is 32.6 Å². The second kappa shape index (κ2) is 8.86. The molecule has 2 aromatic carbocycles. The lowest BCUT2D eigenvalue weighted by atomic mass is 10.1. The number of rotatable bonds is 7. The molecule has 0 radical (unpaired) electrons. The standard InChI is InChI=1S/C21H26FN4O3P/c1-28-30(27,29-2)25-13-11-18(12-14-25)23-21-24-19-5-3-4-6-20(19)26(21)15-16-7-9-17(22)10-8-16/h3-10,18H,11-15H2,1-2H3,(H,23,24). The van der Waals surface area contributed by atoms with Crippen LogP contribution in [0.4, 0.5) is 10.3 Å². The highest BCUT2D eigenvalue weighted by molar-refractivity contribution is 7.51. The van der Waals surface area contributed by atoms with Gasteiger partial charge in [0.05, 0.1) is 17.6 Å². The highest BCUT2D eigenvalue weighted by Gasteiger charge is 2.34. The maximum atomic E-state index is 13.3. The van der Waals surface area contributed by atoms with E-state index in [0.29, 0.717) is 19.6 Å². The molecule has 1 N–H and O–H groups in total. The van der Waals surface area contributed by atoms with Crippen LogP contribution in [-0.4, -0.2) is 47.6 Å². The van der Waals surface area contributed by atoms with E-state index in [1.54, 1.807) is 16.8 Å². The summed E-state index contributed by atoms with van der Waals surface area (Å²) >= 11 is 0. The van der Waals surface area contributed by atoms with Gasteiger partial charge < -0.3 is 9.88 Å². The van der Waals surface area contributed by atoms with Crippen LogP contribution in [0.3, 0.4) is 0 Å². The number of benzene rings is 2. The van der Waals surface area contributed by atoms with Gasteiger partial charge in [-0.05, 0) is 42.7 Å². The Morgan fingerprint density at radius 3 is 2.43 bits per heavy atom. The molecule has 0 spiro atoms. The van der Waals surface area contributed by atoms with E-state index in [2.05, 4.69) is 9.88 Å². The summed E-state index contributed by atoms with van der Waals surface area (Å²) in [6, 6.07) is 14.7. The molecular formula is C21H26FN4O3P. The van der Waals surface area contributed by atoms with E-state index >= 15 is 0 Å². The first-order valence-corrected chi connectivity index (χ1v) is 11.4. The molecule has 1 saturated heterocycles. The fourth-order valence-electron chi connectivity index (χ4n) is 3.86. The number of para-hydroxylation sites is 2. The number of imidazole rings is 1. The van der Waals surface area contributed by atoms with Crippen LogP contribution in [0.15, 0.2) is 48.5 Å². The zero-order valence-corrected chi connectivity index (χ0v) is 18.0. The number of aromatic nitrogens is 2. The number of piperidine rings is 1. The van der Waals surface area contributed by atoms with E-state index in [1.165, 1.54) is 26.4 Å². The Bertz CT molecular complexity index is 1040. The topological polar surface area (TPSA) is 68.6 Å². The van der Waals surface area contributed by atoms with Gasteiger partial charge in [-0.3, -0.25) is 9.05 Å². The van der Waals surface area contributed by atoms with Crippen LogP contribution >= 0.6 is 7.75 Å². The molecule has 0 aliphatic carbocycles. The summed E-state index contributed by atoms with van der Waals surface area (Å²) < 4.78 is 40.0. The highest BCUT2D eigenvalue weighted by atomic mass is 31.2. The van der Waals surface area contributed by atoms with Gasteiger partial charge in [0.1, 0.15) is 5.82 Å². The van der Waals surface area contributed by atoms with Gasteiger partial charge in [0, 0.05) is 33.4 Å². The largest absolute Gasteiger partial charge is 0.407 e. The Morgan fingerprint density at radius 2 is 1.77 bits per heavy atom. The van der Waals surface area contributed by atoms with Gasteiger partial charge >= 0.3 is 7.75 Å². The molecule has 0 unspecified atom stereocenters. The van der Waals surface area contributed by atoms with Crippen LogP contribution in [0.2, 0.25) is 0 Å². The van der Waals surface area contributed by atoms with Gasteiger partial charge in [-0.1, -0.05) is 24.3 Å². The van der Waals surface area contributed by atoms with Gasteiger partial charge in [-0.2, -0.15) is 0 Å². The zero-order chi connectivity index (χ0) is 21.1. The Balaban J connectivity index is 1.53. The van der Waals surface area contributed by atoms with Gasteiger partial charge in [-0.25, -0.2) is 18.6 Å². The summed E-state index contributed by atoms with van der Waals surface area (Å²) in [7, 11) is -0.376. The van der Waals surface area contributed by atoms with Crippen molar-refractivity contribution >= 4 is 24.7 Å². The number of nitrogens with one attached hydrogen (secondary N) is 1. The second-order valence-electron chi connectivity index (χ2n) is 7.34.